The third-order valence-corrected chi connectivity index (χ3v) is 2.12. The Kier molecular flexibility index (Phi) is 7.80. The van der Waals surface area contributed by atoms with E-state index >= 15 is 0 Å². The van der Waals surface area contributed by atoms with Crippen LogP contribution in [0.1, 0.15) is 39.0 Å². The zero-order valence-corrected chi connectivity index (χ0v) is 8.82. The zero-order chi connectivity index (χ0) is 10.8. The molecule has 0 saturated heterocycles. The van der Waals surface area contributed by atoms with Gasteiger partial charge >= 0.3 is 0 Å². The Morgan fingerprint density at radius 3 is 2.64 bits per heavy atom. The maximum Gasteiger partial charge on any atom is 0.216 e. The largest absolute Gasteiger partial charge is 0.264 e. The van der Waals surface area contributed by atoms with Crippen LogP contribution in [0.2, 0.25) is 0 Å². The molecule has 0 aromatic heterocycles. The summed E-state index contributed by atoms with van der Waals surface area (Å²) >= 11 is 0. The predicted octanol–water partition coefficient (Wildman–Crippen LogP) is 3.34. The van der Waals surface area contributed by atoms with Crippen molar-refractivity contribution in [1.82, 2.24) is 0 Å². The van der Waals surface area contributed by atoms with Crippen molar-refractivity contribution in [2.24, 2.45) is 0 Å². The van der Waals surface area contributed by atoms with Crippen LogP contribution >= 0.6 is 0 Å². The first-order chi connectivity index (χ1) is 6.72. The molecule has 14 heavy (non-hydrogen) atoms. The van der Waals surface area contributed by atoms with Crippen molar-refractivity contribution in [3.8, 4) is 0 Å². The SMILES string of the molecule is C=CCCCC=CCC(CC)[N+](=O)[O-]. The third-order valence-electron chi connectivity index (χ3n) is 2.12. The van der Waals surface area contributed by atoms with Crippen LogP contribution in [0.25, 0.3) is 0 Å². The fraction of sp³-hybridized carbons (Fsp3) is 0.636. The van der Waals surface area contributed by atoms with Gasteiger partial charge in [-0.3, -0.25) is 10.1 Å². The summed E-state index contributed by atoms with van der Waals surface area (Å²) in [5.74, 6) is 0. The lowest BCUT2D eigenvalue weighted by Gasteiger charge is -2.02. The number of hydrogen-bond acceptors (Lipinski definition) is 2. The van der Waals surface area contributed by atoms with Crippen molar-refractivity contribution >= 4 is 0 Å². The molecule has 0 rings (SSSR count). The molecule has 0 amide bonds. The maximum atomic E-state index is 10.5. The Balaban J connectivity index is 3.57. The minimum atomic E-state index is -0.411. The molecule has 3 nitrogen and oxygen atoms in total. The Bertz CT molecular complexity index is 199. The average molecular weight is 197 g/mol. The molecule has 0 N–H and O–H groups in total. The minimum Gasteiger partial charge on any atom is -0.264 e. The van der Waals surface area contributed by atoms with Crippen LogP contribution in [0.15, 0.2) is 24.8 Å². The van der Waals surface area contributed by atoms with Crippen LogP contribution in [-0.4, -0.2) is 11.0 Å². The van der Waals surface area contributed by atoms with Gasteiger partial charge in [0.05, 0.1) is 0 Å². The number of nitro groups is 1. The highest BCUT2D eigenvalue weighted by Crippen LogP contribution is 2.04. The van der Waals surface area contributed by atoms with Gasteiger partial charge in [-0.2, -0.15) is 0 Å². The number of allylic oxidation sites excluding steroid dienone is 2. The van der Waals surface area contributed by atoms with E-state index in [1.165, 1.54) is 0 Å². The van der Waals surface area contributed by atoms with Crippen LogP contribution in [0, 0.1) is 10.1 Å². The second-order valence-electron chi connectivity index (χ2n) is 3.27. The van der Waals surface area contributed by atoms with Gasteiger partial charge in [0.15, 0.2) is 0 Å². The van der Waals surface area contributed by atoms with Crippen molar-refractivity contribution < 1.29 is 4.92 Å². The van der Waals surface area contributed by atoms with E-state index in [4.69, 9.17) is 0 Å². The van der Waals surface area contributed by atoms with Crippen molar-refractivity contribution in [2.75, 3.05) is 0 Å². The molecule has 1 unspecified atom stereocenters. The zero-order valence-electron chi connectivity index (χ0n) is 8.82. The van der Waals surface area contributed by atoms with Gasteiger partial charge in [0, 0.05) is 17.8 Å². The van der Waals surface area contributed by atoms with E-state index in [1.807, 2.05) is 25.2 Å². The molecule has 0 aliphatic rings. The summed E-state index contributed by atoms with van der Waals surface area (Å²) in [6.07, 6.45) is 10.1. The predicted molar refractivity (Wildman–Crippen MR) is 58.9 cm³/mol. The summed E-state index contributed by atoms with van der Waals surface area (Å²) in [7, 11) is 0. The van der Waals surface area contributed by atoms with E-state index in [9.17, 15) is 10.1 Å². The first kappa shape index (κ1) is 12.9. The van der Waals surface area contributed by atoms with Crippen molar-refractivity contribution in [3.05, 3.63) is 34.9 Å². The summed E-state index contributed by atoms with van der Waals surface area (Å²) in [5.41, 5.74) is 0. The first-order valence-corrected chi connectivity index (χ1v) is 5.11. The normalized spacial score (nSPS) is 12.9. The van der Waals surface area contributed by atoms with Gasteiger partial charge in [-0.05, 0) is 19.3 Å². The van der Waals surface area contributed by atoms with E-state index < -0.39 is 6.04 Å². The lowest BCUT2D eigenvalue weighted by molar-refractivity contribution is -0.521. The lowest BCUT2D eigenvalue weighted by Crippen LogP contribution is -2.16. The van der Waals surface area contributed by atoms with E-state index in [-0.39, 0.29) is 4.92 Å². The summed E-state index contributed by atoms with van der Waals surface area (Å²) in [5, 5.41) is 10.5. The van der Waals surface area contributed by atoms with Crippen LogP contribution in [-0.2, 0) is 0 Å². The second-order valence-corrected chi connectivity index (χ2v) is 3.27. The minimum absolute atomic E-state index is 0.200. The highest BCUT2D eigenvalue weighted by molar-refractivity contribution is 4.84. The summed E-state index contributed by atoms with van der Waals surface area (Å²) in [6, 6.07) is -0.411. The number of hydrogen-bond donors (Lipinski definition) is 0. The highest BCUT2D eigenvalue weighted by atomic mass is 16.6. The Morgan fingerprint density at radius 1 is 1.43 bits per heavy atom. The monoisotopic (exact) mass is 197 g/mol. The van der Waals surface area contributed by atoms with E-state index in [0.29, 0.717) is 12.8 Å². The van der Waals surface area contributed by atoms with Crippen LogP contribution < -0.4 is 0 Å². The van der Waals surface area contributed by atoms with Crippen LogP contribution in [0.4, 0.5) is 0 Å². The van der Waals surface area contributed by atoms with Gasteiger partial charge < -0.3 is 0 Å². The molecule has 0 radical (unpaired) electrons. The summed E-state index contributed by atoms with van der Waals surface area (Å²) in [6.45, 7) is 5.48. The van der Waals surface area contributed by atoms with Crippen LogP contribution in [0.3, 0.4) is 0 Å². The molecule has 0 fully saturated rings. The Hall–Kier alpha value is -1.12. The van der Waals surface area contributed by atoms with Crippen molar-refractivity contribution in [1.29, 1.82) is 0 Å². The fourth-order valence-corrected chi connectivity index (χ4v) is 1.15. The van der Waals surface area contributed by atoms with Crippen LogP contribution in [0.5, 0.6) is 0 Å². The Morgan fingerprint density at radius 2 is 2.14 bits per heavy atom. The molecule has 0 aliphatic heterocycles. The lowest BCUT2D eigenvalue weighted by atomic mass is 10.1. The molecular formula is C11H19NO2. The smallest absolute Gasteiger partial charge is 0.216 e. The fourth-order valence-electron chi connectivity index (χ4n) is 1.15. The standard InChI is InChI=1S/C11H19NO2/c1-3-5-6-7-8-9-10-11(4-2)12(13)14/h3,8-9,11H,1,4-7,10H2,2H3. The molecule has 0 aliphatic carbocycles. The summed E-state index contributed by atoms with van der Waals surface area (Å²) in [4.78, 5) is 10.3. The highest BCUT2D eigenvalue weighted by Gasteiger charge is 2.13. The quantitative estimate of drug-likeness (QED) is 0.259. The van der Waals surface area contributed by atoms with Crippen molar-refractivity contribution in [3.63, 3.8) is 0 Å². The van der Waals surface area contributed by atoms with E-state index in [1.54, 1.807) is 0 Å². The topological polar surface area (TPSA) is 43.1 Å². The molecule has 0 spiro atoms. The van der Waals surface area contributed by atoms with Gasteiger partial charge in [-0.1, -0.05) is 25.2 Å². The maximum absolute atomic E-state index is 10.5. The van der Waals surface area contributed by atoms with E-state index in [0.717, 1.165) is 19.3 Å². The number of unbranched alkanes of at least 4 members (excludes halogenated alkanes) is 2. The average Bonchev–Trinajstić information content (AvgIpc) is 2.16. The van der Waals surface area contributed by atoms with Gasteiger partial charge in [-0.15, -0.1) is 6.58 Å². The third kappa shape index (κ3) is 6.40. The van der Waals surface area contributed by atoms with Gasteiger partial charge in [0.2, 0.25) is 6.04 Å². The van der Waals surface area contributed by atoms with Gasteiger partial charge in [0.1, 0.15) is 0 Å². The number of rotatable bonds is 8. The molecule has 0 bridgehead atoms. The molecule has 0 aromatic rings. The van der Waals surface area contributed by atoms with Crippen molar-refractivity contribution in [2.45, 2.75) is 45.1 Å². The second kappa shape index (κ2) is 8.48. The molecule has 0 aromatic carbocycles. The molecule has 0 saturated carbocycles. The molecular weight excluding hydrogens is 178 g/mol. The van der Waals surface area contributed by atoms with Gasteiger partial charge in [0.25, 0.3) is 0 Å². The number of nitrogens with zero attached hydrogens (tertiary/aromatic N) is 1. The molecule has 0 heterocycles. The first-order valence-electron chi connectivity index (χ1n) is 5.11. The van der Waals surface area contributed by atoms with E-state index in [2.05, 4.69) is 6.58 Å². The molecule has 3 heteroatoms. The van der Waals surface area contributed by atoms with Gasteiger partial charge in [-0.25, -0.2) is 0 Å². The molecule has 1 atom stereocenters. The molecule has 80 valence electrons. The Labute approximate surface area is 85.7 Å². The summed E-state index contributed by atoms with van der Waals surface area (Å²) < 4.78 is 0.